The van der Waals surface area contributed by atoms with Crippen molar-refractivity contribution in [2.75, 3.05) is 0 Å². The molecule has 1 aromatic heterocycles. The highest BCUT2D eigenvalue weighted by Gasteiger charge is 2.06. The van der Waals surface area contributed by atoms with Crippen LogP contribution < -0.4 is 0 Å². The van der Waals surface area contributed by atoms with Crippen LogP contribution in [0.25, 0.3) is 10.9 Å². The minimum absolute atomic E-state index is 0.119. The molecule has 15 heavy (non-hydrogen) atoms. The molecule has 0 aliphatic heterocycles. The molecule has 0 aliphatic rings. The zero-order chi connectivity index (χ0) is 11.0. The number of halogens is 1. The van der Waals surface area contributed by atoms with Crippen molar-refractivity contribution in [1.29, 1.82) is 0 Å². The van der Waals surface area contributed by atoms with Gasteiger partial charge in [-0.1, -0.05) is 13.8 Å². The van der Waals surface area contributed by atoms with E-state index in [-0.39, 0.29) is 5.82 Å². The van der Waals surface area contributed by atoms with Crippen LogP contribution in [0.4, 0.5) is 4.39 Å². The van der Waals surface area contributed by atoms with Gasteiger partial charge in [0.1, 0.15) is 5.82 Å². The van der Waals surface area contributed by atoms with Crippen molar-refractivity contribution < 1.29 is 4.39 Å². The second-order valence-corrected chi connectivity index (χ2v) is 4.52. The summed E-state index contributed by atoms with van der Waals surface area (Å²) in [6.07, 6.45) is 2.03. The zero-order valence-corrected chi connectivity index (χ0v) is 9.42. The summed E-state index contributed by atoms with van der Waals surface area (Å²) in [5, 5.41) is 1.12. The smallest absolute Gasteiger partial charge is 0.128 e. The van der Waals surface area contributed by atoms with Crippen molar-refractivity contribution in [2.24, 2.45) is 5.92 Å². The quantitative estimate of drug-likeness (QED) is 0.703. The van der Waals surface area contributed by atoms with E-state index in [1.807, 2.05) is 18.3 Å². The van der Waals surface area contributed by atoms with Gasteiger partial charge in [-0.3, -0.25) is 0 Å². The van der Waals surface area contributed by atoms with Gasteiger partial charge in [0.25, 0.3) is 0 Å². The number of benzene rings is 1. The summed E-state index contributed by atoms with van der Waals surface area (Å²) in [5.74, 6) is 0.455. The fraction of sp³-hybridized carbons (Fsp3) is 0.385. The van der Waals surface area contributed by atoms with Gasteiger partial charge in [0.2, 0.25) is 0 Å². The van der Waals surface area contributed by atoms with Crippen LogP contribution in [-0.4, -0.2) is 4.57 Å². The van der Waals surface area contributed by atoms with Gasteiger partial charge in [-0.25, -0.2) is 4.39 Å². The van der Waals surface area contributed by atoms with Crippen LogP contribution >= 0.6 is 0 Å². The number of fused-ring (bicyclic) bond motifs is 1. The summed E-state index contributed by atoms with van der Waals surface area (Å²) in [6, 6.07) is 5.58. The molecule has 80 valence electrons. The molecular weight excluding hydrogens is 189 g/mol. The molecule has 0 atom stereocenters. The molecule has 0 fully saturated rings. The number of aryl methyl sites for hydroxylation is 1. The summed E-state index contributed by atoms with van der Waals surface area (Å²) in [7, 11) is 0. The molecule has 0 amide bonds. The van der Waals surface area contributed by atoms with Crippen LogP contribution in [0.3, 0.4) is 0 Å². The fourth-order valence-electron chi connectivity index (χ4n) is 1.88. The van der Waals surface area contributed by atoms with Crippen molar-refractivity contribution in [1.82, 2.24) is 4.57 Å². The van der Waals surface area contributed by atoms with Crippen LogP contribution in [0.1, 0.15) is 19.4 Å². The Morgan fingerprint density at radius 1 is 1.33 bits per heavy atom. The maximum absolute atomic E-state index is 13.4. The van der Waals surface area contributed by atoms with Gasteiger partial charge < -0.3 is 4.57 Å². The van der Waals surface area contributed by atoms with Gasteiger partial charge in [0.15, 0.2) is 0 Å². The second-order valence-electron chi connectivity index (χ2n) is 4.52. The third-order valence-electron chi connectivity index (χ3n) is 2.61. The molecule has 0 radical (unpaired) electrons. The Hall–Kier alpha value is -1.31. The van der Waals surface area contributed by atoms with Crippen molar-refractivity contribution in [2.45, 2.75) is 27.3 Å². The molecule has 0 spiro atoms. The number of nitrogens with zero attached hydrogens (tertiary/aromatic N) is 1. The Labute approximate surface area is 89.5 Å². The maximum atomic E-state index is 13.4. The fourth-order valence-corrected chi connectivity index (χ4v) is 1.88. The van der Waals surface area contributed by atoms with E-state index in [1.54, 1.807) is 13.0 Å². The first-order valence-electron chi connectivity index (χ1n) is 5.33. The molecule has 0 N–H and O–H groups in total. The highest BCUT2D eigenvalue weighted by Crippen LogP contribution is 2.20. The van der Waals surface area contributed by atoms with E-state index in [9.17, 15) is 4.39 Å². The van der Waals surface area contributed by atoms with E-state index in [0.29, 0.717) is 11.5 Å². The largest absolute Gasteiger partial charge is 0.347 e. The lowest BCUT2D eigenvalue weighted by Gasteiger charge is -2.08. The van der Waals surface area contributed by atoms with E-state index in [2.05, 4.69) is 18.4 Å². The van der Waals surface area contributed by atoms with Gasteiger partial charge >= 0.3 is 0 Å². The third kappa shape index (κ3) is 1.89. The van der Waals surface area contributed by atoms with Crippen molar-refractivity contribution in [3.05, 3.63) is 35.8 Å². The predicted octanol–water partition coefficient (Wildman–Crippen LogP) is 3.74. The van der Waals surface area contributed by atoms with Crippen LogP contribution in [-0.2, 0) is 6.54 Å². The normalized spacial score (nSPS) is 11.5. The Morgan fingerprint density at radius 3 is 2.73 bits per heavy atom. The van der Waals surface area contributed by atoms with E-state index >= 15 is 0 Å². The van der Waals surface area contributed by atoms with Crippen LogP contribution in [0.5, 0.6) is 0 Å². The first-order chi connectivity index (χ1) is 7.08. The Morgan fingerprint density at radius 2 is 2.07 bits per heavy atom. The highest BCUT2D eigenvalue weighted by molar-refractivity contribution is 5.81. The predicted molar refractivity (Wildman–Crippen MR) is 61.5 cm³/mol. The van der Waals surface area contributed by atoms with Crippen molar-refractivity contribution in [3.8, 4) is 0 Å². The van der Waals surface area contributed by atoms with Crippen LogP contribution in [0, 0.1) is 18.7 Å². The average molecular weight is 205 g/mol. The molecule has 2 rings (SSSR count). The standard InChI is InChI=1S/C13H16FN/c1-9(2)8-15-5-4-11-6-10(3)12(14)7-13(11)15/h4-7,9H,8H2,1-3H3. The molecule has 2 heteroatoms. The summed E-state index contributed by atoms with van der Waals surface area (Å²) >= 11 is 0. The van der Waals surface area contributed by atoms with Crippen molar-refractivity contribution in [3.63, 3.8) is 0 Å². The molecule has 0 saturated heterocycles. The van der Waals surface area contributed by atoms with Crippen LogP contribution in [0.2, 0.25) is 0 Å². The SMILES string of the molecule is Cc1cc2ccn(CC(C)C)c2cc1F. The van der Waals surface area contributed by atoms with Gasteiger partial charge in [-0.15, -0.1) is 0 Å². The van der Waals surface area contributed by atoms with E-state index in [1.165, 1.54) is 0 Å². The Bertz CT molecular complexity index is 482. The zero-order valence-electron chi connectivity index (χ0n) is 9.42. The van der Waals surface area contributed by atoms with E-state index < -0.39 is 0 Å². The minimum Gasteiger partial charge on any atom is -0.347 e. The molecule has 1 nitrogen and oxygen atoms in total. The summed E-state index contributed by atoms with van der Waals surface area (Å²) in [6.45, 7) is 7.06. The molecular formula is C13H16FN. The number of hydrogen-bond donors (Lipinski definition) is 0. The number of aromatic nitrogens is 1. The lowest BCUT2D eigenvalue weighted by Crippen LogP contribution is -2.02. The molecule has 1 aromatic carbocycles. The molecule has 0 unspecified atom stereocenters. The summed E-state index contributed by atoms with van der Waals surface area (Å²) < 4.78 is 15.5. The molecule has 2 aromatic rings. The monoisotopic (exact) mass is 205 g/mol. The van der Waals surface area contributed by atoms with E-state index in [4.69, 9.17) is 0 Å². The Balaban J connectivity index is 2.54. The summed E-state index contributed by atoms with van der Waals surface area (Å²) in [5.41, 5.74) is 1.71. The van der Waals surface area contributed by atoms with Gasteiger partial charge in [-0.05, 0) is 36.6 Å². The molecule has 1 heterocycles. The second kappa shape index (κ2) is 3.69. The molecule has 0 aliphatic carbocycles. The van der Waals surface area contributed by atoms with E-state index in [0.717, 1.165) is 17.4 Å². The van der Waals surface area contributed by atoms with Gasteiger partial charge in [0, 0.05) is 18.1 Å². The number of rotatable bonds is 2. The average Bonchev–Trinajstić information content (AvgIpc) is 2.49. The van der Waals surface area contributed by atoms with Gasteiger partial charge in [-0.2, -0.15) is 0 Å². The molecule has 0 bridgehead atoms. The first kappa shape index (κ1) is 10.2. The highest BCUT2D eigenvalue weighted by atomic mass is 19.1. The Kier molecular flexibility index (Phi) is 2.51. The maximum Gasteiger partial charge on any atom is 0.128 e. The lowest BCUT2D eigenvalue weighted by molar-refractivity contribution is 0.534. The minimum atomic E-state index is -0.119. The topological polar surface area (TPSA) is 4.93 Å². The lowest BCUT2D eigenvalue weighted by atomic mass is 10.1. The summed E-state index contributed by atoms with van der Waals surface area (Å²) in [4.78, 5) is 0. The van der Waals surface area contributed by atoms with Crippen LogP contribution in [0.15, 0.2) is 24.4 Å². The molecule has 0 saturated carbocycles. The first-order valence-corrected chi connectivity index (χ1v) is 5.33. The number of hydrogen-bond acceptors (Lipinski definition) is 0. The third-order valence-corrected chi connectivity index (χ3v) is 2.61. The van der Waals surface area contributed by atoms with Crippen molar-refractivity contribution >= 4 is 10.9 Å². The van der Waals surface area contributed by atoms with Gasteiger partial charge in [0.05, 0.1) is 5.52 Å².